The fourth-order valence-corrected chi connectivity index (χ4v) is 8.48. The SMILES string of the molecule is CC(=O)C1CC[C@H]2[C@@H]3[C@@H](C)C[C@H]4C[C@](C)(O)CC[C@]4(C)[C@H]3CC[C@]12C. The van der Waals surface area contributed by atoms with Crippen LogP contribution in [0.15, 0.2) is 0 Å². The highest BCUT2D eigenvalue weighted by Crippen LogP contribution is 2.69. The van der Waals surface area contributed by atoms with E-state index in [4.69, 9.17) is 0 Å². The molecule has 0 bridgehead atoms. The summed E-state index contributed by atoms with van der Waals surface area (Å²) in [7, 11) is 0. The summed E-state index contributed by atoms with van der Waals surface area (Å²) in [4.78, 5) is 12.3. The largest absolute Gasteiger partial charge is 0.390 e. The van der Waals surface area contributed by atoms with Crippen LogP contribution >= 0.6 is 0 Å². The van der Waals surface area contributed by atoms with Gasteiger partial charge in [0.25, 0.3) is 0 Å². The molecule has 0 heterocycles. The average Bonchev–Trinajstić information content (AvgIpc) is 2.86. The van der Waals surface area contributed by atoms with Crippen molar-refractivity contribution in [3.63, 3.8) is 0 Å². The minimum Gasteiger partial charge on any atom is -0.390 e. The molecule has 0 saturated heterocycles. The van der Waals surface area contributed by atoms with E-state index < -0.39 is 5.60 Å². The number of hydrogen-bond acceptors (Lipinski definition) is 2. The molecule has 2 nitrogen and oxygen atoms in total. The van der Waals surface area contributed by atoms with Crippen LogP contribution in [0.1, 0.15) is 86.0 Å². The first-order valence-electron chi connectivity index (χ1n) is 10.8. The van der Waals surface area contributed by atoms with E-state index in [9.17, 15) is 9.90 Å². The molecule has 9 atom stereocenters. The standard InChI is InChI=1S/C23H38O2/c1-14-12-16-13-21(3,25)10-11-22(16,4)19-8-9-23(5)17(15(2)24)6-7-18(23)20(14)19/h14,16-20,25H,6-13H2,1-5H3/t14-,16-,17?,18-,19-,20-,21+,22-,23+/m0/s1. The van der Waals surface area contributed by atoms with Crippen LogP contribution in [-0.2, 0) is 4.79 Å². The zero-order chi connectivity index (χ0) is 18.2. The lowest BCUT2D eigenvalue weighted by Gasteiger charge is -2.63. The van der Waals surface area contributed by atoms with E-state index >= 15 is 0 Å². The number of carbonyl (C=O) groups is 1. The molecule has 1 unspecified atom stereocenters. The maximum Gasteiger partial charge on any atom is 0.133 e. The third-order valence-corrected chi connectivity index (χ3v) is 9.80. The number of hydrogen-bond donors (Lipinski definition) is 1. The van der Waals surface area contributed by atoms with Gasteiger partial charge in [0, 0.05) is 5.92 Å². The van der Waals surface area contributed by atoms with E-state index in [-0.39, 0.29) is 5.41 Å². The second-order valence-electron chi connectivity index (χ2n) is 11.2. The molecule has 4 rings (SSSR count). The van der Waals surface area contributed by atoms with Crippen LogP contribution in [0.3, 0.4) is 0 Å². The normalized spacial score (nSPS) is 58.2. The van der Waals surface area contributed by atoms with Gasteiger partial charge in [-0.05, 0) is 106 Å². The van der Waals surface area contributed by atoms with Crippen LogP contribution < -0.4 is 0 Å². The predicted octanol–water partition coefficient (Wildman–Crippen LogP) is 5.23. The van der Waals surface area contributed by atoms with Crippen molar-refractivity contribution in [3.8, 4) is 0 Å². The smallest absolute Gasteiger partial charge is 0.133 e. The van der Waals surface area contributed by atoms with Crippen molar-refractivity contribution in [1.29, 1.82) is 0 Å². The predicted molar refractivity (Wildman–Crippen MR) is 101 cm³/mol. The summed E-state index contributed by atoms with van der Waals surface area (Å²) in [5.74, 6) is 4.52. The van der Waals surface area contributed by atoms with Crippen LogP contribution in [0.2, 0.25) is 0 Å². The fraction of sp³-hybridized carbons (Fsp3) is 0.957. The average molecular weight is 347 g/mol. The van der Waals surface area contributed by atoms with Crippen molar-refractivity contribution in [2.24, 2.45) is 46.3 Å². The van der Waals surface area contributed by atoms with Crippen LogP contribution in [0, 0.1) is 46.3 Å². The van der Waals surface area contributed by atoms with Crippen LogP contribution in [-0.4, -0.2) is 16.5 Å². The molecule has 25 heavy (non-hydrogen) atoms. The molecular weight excluding hydrogens is 308 g/mol. The van der Waals surface area contributed by atoms with Crippen molar-refractivity contribution < 1.29 is 9.90 Å². The van der Waals surface area contributed by atoms with E-state index in [1.54, 1.807) is 0 Å². The Hall–Kier alpha value is -0.370. The Kier molecular flexibility index (Phi) is 4.01. The molecule has 0 radical (unpaired) electrons. The minimum absolute atomic E-state index is 0.255. The van der Waals surface area contributed by atoms with Gasteiger partial charge in [-0.25, -0.2) is 0 Å². The Morgan fingerprint density at radius 1 is 0.960 bits per heavy atom. The molecule has 2 heteroatoms. The molecule has 1 N–H and O–H groups in total. The highest BCUT2D eigenvalue weighted by atomic mass is 16.3. The van der Waals surface area contributed by atoms with Gasteiger partial charge < -0.3 is 5.11 Å². The topological polar surface area (TPSA) is 37.3 Å². The van der Waals surface area contributed by atoms with Gasteiger partial charge in [-0.3, -0.25) is 4.79 Å². The molecule has 0 aromatic rings. The molecule has 4 aliphatic rings. The van der Waals surface area contributed by atoms with Crippen LogP contribution in [0.4, 0.5) is 0 Å². The first kappa shape index (κ1) is 18.0. The molecule has 0 spiro atoms. The molecule has 0 aliphatic heterocycles. The van der Waals surface area contributed by atoms with Crippen molar-refractivity contribution in [3.05, 3.63) is 0 Å². The van der Waals surface area contributed by atoms with Gasteiger partial charge in [-0.2, -0.15) is 0 Å². The highest BCUT2D eigenvalue weighted by Gasteiger charge is 2.62. The highest BCUT2D eigenvalue weighted by molar-refractivity contribution is 5.79. The van der Waals surface area contributed by atoms with Gasteiger partial charge in [0.2, 0.25) is 0 Å². The van der Waals surface area contributed by atoms with Gasteiger partial charge in [-0.15, -0.1) is 0 Å². The van der Waals surface area contributed by atoms with Crippen molar-refractivity contribution in [1.82, 2.24) is 0 Å². The minimum atomic E-state index is -0.451. The fourth-order valence-electron chi connectivity index (χ4n) is 8.48. The van der Waals surface area contributed by atoms with Gasteiger partial charge in [0.05, 0.1) is 5.60 Å². The Morgan fingerprint density at radius 2 is 1.64 bits per heavy atom. The summed E-state index contributed by atoms with van der Waals surface area (Å²) in [6.45, 7) is 11.4. The third-order valence-electron chi connectivity index (χ3n) is 9.80. The van der Waals surface area contributed by atoms with E-state index in [1.165, 1.54) is 32.1 Å². The number of rotatable bonds is 1. The van der Waals surface area contributed by atoms with E-state index in [0.29, 0.717) is 23.0 Å². The Labute approximate surface area is 154 Å². The maximum absolute atomic E-state index is 12.3. The van der Waals surface area contributed by atoms with Crippen LogP contribution in [0.5, 0.6) is 0 Å². The summed E-state index contributed by atoms with van der Waals surface area (Å²) in [5.41, 5.74) is 0.215. The van der Waals surface area contributed by atoms with Crippen molar-refractivity contribution in [2.45, 2.75) is 91.6 Å². The van der Waals surface area contributed by atoms with Gasteiger partial charge >= 0.3 is 0 Å². The van der Waals surface area contributed by atoms with E-state index in [1.807, 2.05) is 6.92 Å². The first-order valence-corrected chi connectivity index (χ1v) is 10.8. The lowest BCUT2D eigenvalue weighted by molar-refractivity contribution is -0.165. The molecule has 4 saturated carbocycles. The maximum atomic E-state index is 12.3. The number of carbonyl (C=O) groups excluding carboxylic acids is 1. The number of Topliss-reactive ketones (excluding diaryl/α,β-unsaturated/α-hetero) is 1. The Morgan fingerprint density at radius 3 is 2.32 bits per heavy atom. The van der Waals surface area contributed by atoms with Gasteiger partial charge in [0.15, 0.2) is 0 Å². The van der Waals surface area contributed by atoms with Crippen molar-refractivity contribution >= 4 is 5.78 Å². The molecular formula is C23H38O2. The summed E-state index contributed by atoms with van der Waals surface area (Å²) in [5, 5.41) is 10.7. The Balaban J connectivity index is 1.66. The summed E-state index contributed by atoms with van der Waals surface area (Å²) < 4.78 is 0. The monoisotopic (exact) mass is 346 g/mol. The molecule has 4 aliphatic carbocycles. The molecule has 0 amide bonds. The lowest BCUT2D eigenvalue weighted by atomic mass is 9.42. The summed E-state index contributed by atoms with van der Waals surface area (Å²) in [6, 6.07) is 0. The summed E-state index contributed by atoms with van der Waals surface area (Å²) in [6.07, 6.45) is 9.38. The first-order chi connectivity index (χ1) is 11.6. The van der Waals surface area contributed by atoms with E-state index in [0.717, 1.165) is 42.9 Å². The molecule has 4 fully saturated rings. The van der Waals surface area contributed by atoms with Crippen molar-refractivity contribution in [2.75, 3.05) is 0 Å². The van der Waals surface area contributed by atoms with Gasteiger partial charge in [0.1, 0.15) is 5.78 Å². The van der Waals surface area contributed by atoms with E-state index in [2.05, 4.69) is 27.7 Å². The van der Waals surface area contributed by atoms with Crippen LogP contribution in [0.25, 0.3) is 0 Å². The lowest BCUT2D eigenvalue weighted by Crippen LogP contribution is -2.57. The second kappa shape index (κ2) is 5.57. The number of fused-ring (bicyclic) bond motifs is 5. The van der Waals surface area contributed by atoms with Gasteiger partial charge in [-0.1, -0.05) is 20.8 Å². The zero-order valence-electron chi connectivity index (χ0n) is 17.0. The number of ketones is 1. The third kappa shape index (κ3) is 2.49. The summed E-state index contributed by atoms with van der Waals surface area (Å²) >= 11 is 0. The molecule has 0 aromatic carbocycles. The Bertz CT molecular complexity index is 566. The zero-order valence-corrected chi connectivity index (χ0v) is 17.0. The molecule has 0 aromatic heterocycles. The molecule has 142 valence electrons. The quantitative estimate of drug-likeness (QED) is 0.706. The second-order valence-corrected chi connectivity index (χ2v) is 11.2. The number of aliphatic hydroxyl groups is 1.